The fourth-order valence-electron chi connectivity index (χ4n) is 27.7. The van der Waals surface area contributed by atoms with E-state index in [0.717, 1.165) is 203 Å². The number of carbonyl (C=O) groups excluding carboxylic acids is 6. The number of ether oxygens (including phenoxy) is 1. The summed E-state index contributed by atoms with van der Waals surface area (Å²) in [5.74, 6) is 1.14. The number of hydrogen-bond donors (Lipinski definition) is 11. The molecule has 15 N–H and O–H groups in total. The van der Waals surface area contributed by atoms with Crippen LogP contribution < -0.4 is 77.3 Å². The van der Waals surface area contributed by atoms with Crippen LogP contribution in [0.25, 0.3) is 0 Å². The van der Waals surface area contributed by atoms with E-state index in [2.05, 4.69) is 34.8 Å². The van der Waals surface area contributed by atoms with Gasteiger partial charge in [-0.3, -0.25) is 28.8 Å². The van der Waals surface area contributed by atoms with E-state index in [-0.39, 0.29) is 126 Å². The van der Waals surface area contributed by atoms with Crippen molar-refractivity contribution >= 4 is 35.2 Å². The minimum absolute atomic E-state index is 0. The first-order chi connectivity index (χ1) is 52.5. The number of ketones is 2. The molecule has 626 valence electrons. The van der Waals surface area contributed by atoms with Crippen molar-refractivity contribution in [3.63, 3.8) is 0 Å². The van der Waals surface area contributed by atoms with Gasteiger partial charge < -0.3 is 131 Å². The summed E-state index contributed by atoms with van der Waals surface area (Å²) in [6, 6.07) is 14.7. The van der Waals surface area contributed by atoms with Gasteiger partial charge in [-0.15, -0.1) is 0 Å². The first kappa shape index (κ1) is 85.3. The van der Waals surface area contributed by atoms with Crippen LogP contribution in [0.1, 0.15) is 240 Å². The third kappa shape index (κ3) is 12.4. The maximum atomic E-state index is 12.9. The third-order valence-electron chi connectivity index (χ3n) is 33.6. The molecule has 26 heteroatoms. The second kappa shape index (κ2) is 28.8. The number of aliphatic hydroxyl groups is 4. The summed E-state index contributed by atoms with van der Waals surface area (Å²) >= 11 is 0. The summed E-state index contributed by atoms with van der Waals surface area (Å²) in [4.78, 5) is 73.1. The Morgan fingerprint density at radius 3 is 1.16 bits per heavy atom. The van der Waals surface area contributed by atoms with Gasteiger partial charge in [0.2, 0.25) is 0 Å². The van der Waals surface area contributed by atoms with Crippen LogP contribution in [-0.4, -0.2) is 222 Å². The predicted molar refractivity (Wildman–Crippen MR) is 413 cm³/mol. The Kier molecular flexibility index (Phi) is 21.4. The van der Waals surface area contributed by atoms with E-state index in [0.29, 0.717) is 74.7 Å². The number of likely N-dealkylation sites (tertiary alicyclic amines) is 4. The molecule has 17 atom stereocenters. The van der Waals surface area contributed by atoms with Crippen molar-refractivity contribution in [1.82, 2.24) is 0 Å². The number of carbonyl (C=O) groups is 6. The monoisotopic (exact) mass is 1660 g/mol. The van der Waals surface area contributed by atoms with Crippen molar-refractivity contribution in [1.29, 1.82) is 0 Å². The SMILES string of the molecule is C=C1CC[C@@]2(O)[C@H]3Cc4ccc(C(N)=O)c(O)c4[C@@]2(CC[N+]3(C)CC2CC2)C1.C[N+]1(CC2CC2)CC[C@]23CC(=O)CC[C@@]2(O)[C@H]1Cc1ccc(C(N)=O)c(O)c13.C[N+]1(CC2CC2)CC[C@]23CCCC[C@@]2(O)[C@H]1Cc1ccc(C(N)=O)c(O)c13.C[N+]1(CC2CC2)CC[C@]23c4c5ccc(C(N)=O)c4O[C@H]2C(=O)CC[C@@]3(O)[C@H]1C5.[Cl-].[Cl-].[Cl-].[Cl-]. The summed E-state index contributed by atoms with van der Waals surface area (Å²) in [6.45, 7) is 12.5. The molecule has 8 bridgehead atoms. The highest BCUT2D eigenvalue weighted by Crippen LogP contribution is 2.69. The number of phenols is 3. The molecule has 12 fully saturated rings. The predicted octanol–water partition coefficient (Wildman–Crippen LogP) is -4.92. The zero-order chi connectivity index (χ0) is 78.3. The number of quaternary nitrogens is 4. The fourth-order valence-corrected chi connectivity index (χ4v) is 27.7. The third-order valence-corrected chi connectivity index (χ3v) is 33.6. The van der Waals surface area contributed by atoms with Crippen LogP contribution in [0.4, 0.5) is 0 Å². The number of aromatic hydroxyl groups is 3. The summed E-state index contributed by atoms with van der Waals surface area (Å²) in [5, 5.41) is 82.0. The molecule has 4 saturated heterocycles. The average Bonchev–Trinajstić information content (AvgIpc) is 1.60. The van der Waals surface area contributed by atoms with E-state index >= 15 is 0 Å². The molecule has 4 amide bonds. The molecule has 5 aliphatic heterocycles. The van der Waals surface area contributed by atoms with E-state index in [1.165, 1.54) is 51.4 Å². The molecule has 22 nitrogen and oxygen atoms in total. The Labute approximate surface area is 699 Å². The smallest absolute Gasteiger partial charge is 0.252 e. The van der Waals surface area contributed by atoms with Crippen molar-refractivity contribution in [2.75, 3.05) is 80.5 Å². The van der Waals surface area contributed by atoms with Gasteiger partial charge in [0.1, 0.15) is 75.4 Å². The van der Waals surface area contributed by atoms with Crippen LogP contribution in [-0.2, 0) is 56.9 Å². The number of nitrogens with two attached hydrogens (primary N) is 4. The first-order valence-electron chi connectivity index (χ1n) is 42.1. The van der Waals surface area contributed by atoms with Crippen LogP contribution >= 0.6 is 0 Å². The quantitative estimate of drug-likeness (QED) is 0.0468. The lowest BCUT2D eigenvalue weighted by atomic mass is 9.48. The van der Waals surface area contributed by atoms with E-state index in [4.69, 9.17) is 27.7 Å². The van der Waals surface area contributed by atoms with Gasteiger partial charge in [-0.05, 0) is 143 Å². The number of fused-ring (bicyclic) bond motifs is 3. The number of benzene rings is 4. The number of allylic oxidation sites excluding steroid dienone is 1. The number of piperidine rings is 4. The lowest BCUT2D eigenvalue weighted by Crippen LogP contribution is -3.00. The molecule has 21 rings (SSSR count). The Morgan fingerprint density at radius 2 is 0.748 bits per heavy atom. The number of Topliss-reactive ketones (excluding diaryl/α,β-unsaturated/α-hetero) is 2. The molecule has 4 aromatic carbocycles. The maximum absolute atomic E-state index is 12.9. The van der Waals surface area contributed by atoms with Crippen LogP contribution in [0.5, 0.6) is 23.0 Å². The molecule has 1 spiro atoms. The lowest BCUT2D eigenvalue weighted by molar-refractivity contribution is -0.950. The van der Waals surface area contributed by atoms with Gasteiger partial charge >= 0.3 is 0 Å². The van der Waals surface area contributed by atoms with Gasteiger partial charge in [-0.1, -0.05) is 49.3 Å². The molecular weight excluding hydrogens is 1550 g/mol. The van der Waals surface area contributed by atoms with Crippen molar-refractivity contribution in [2.45, 2.75) is 254 Å². The highest BCUT2D eigenvalue weighted by Gasteiger charge is 2.78. The van der Waals surface area contributed by atoms with Gasteiger partial charge in [0.25, 0.3) is 23.6 Å². The summed E-state index contributed by atoms with van der Waals surface area (Å²) in [7, 11) is 9.20. The first-order valence-corrected chi connectivity index (χ1v) is 42.1. The number of hydrogen-bond acceptors (Lipinski definition) is 14. The molecular formula is C89H118Cl4N8O14. The van der Waals surface area contributed by atoms with Gasteiger partial charge in [-0.25, -0.2) is 0 Å². The highest BCUT2D eigenvalue weighted by molar-refractivity contribution is 6.00. The fraction of sp³-hybridized carbons (Fsp3) is 0.640. The number of halogens is 4. The van der Waals surface area contributed by atoms with E-state index in [1.807, 2.05) is 24.3 Å². The van der Waals surface area contributed by atoms with Gasteiger partial charge in [-0.2, -0.15) is 0 Å². The van der Waals surface area contributed by atoms with Crippen LogP contribution in [0.3, 0.4) is 0 Å². The van der Waals surface area contributed by atoms with E-state index in [9.17, 15) is 64.5 Å². The highest BCUT2D eigenvalue weighted by atomic mass is 35.5. The zero-order valence-electron chi connectivity index (χ0n) is 67.1. The second-order valence-electron chi connectivity index (χ2n) is 39.8. The van der Waals surface area contributed by atoms with Crippen molar-refractivity contribution < 1.29 is 137 Å². The van der Waals surface area contributed by atoms with Crippen LogP contribution in [0.2, 0.25) is 0 Å². The number of amides is 4. The number of nitrogens with zero attached hydrogens (tertiary/aromatic N) is 4. The molecule has 4 unspecified atom stereocenters. The Balaban J connectivity index is 0.000000125. The molecule has 8 saturated carbocycles. The summed E-state index contributed by atoms with van der Waals surface area (Å²) < 4.78 is 9.75. The molecule has 5 heterocycles. The Hall–Kier alpha value is -6.12. The normalized spacial score (nSPS) is 38.9. The maximum Gasteiger partial charge on any atom is 0.252 e. The topological polar surface area (TPSA) is 357 Å². The van der Waals surface area contributed by atoms with Crippen molar-refractivity contribution in [3.05, 3.63) is 127 Å². The standard InChI is InChI=1S/C23H30N2O3.C22H26N2O4.C22H28N2O4.C22H30N2O3.4ClH/c1-14-7-8-23(28)18-11-16-5-6-17(21(24)27)20(26)19(16)22(23,12-14)9-10-25(18,2)13-15-3-4-15;1-24(11-12-2-3-12)9-8-21-17-13-4-5-14(20(23)26)18(17)28-19(21)15(25)6-7-22(21,27)16(24)10-13;1-24(12-13-2-3-13)9-8-21-11-15(25)6-7-22(21,28)17(24)10-14-4-5-16(20(23)27)19(26)18(14)21;1-24(13-14-4-5-14)11-10-21-8-2-3-9-22(21,27)17(24)12-15-6-7-16(20(23)26)19(25)18(15)21;;;;/h5-6,15,18,28H,1,3-4,7-13H2,2H3,(H2-,24,26,27);4-5,12,16,19,27H,2-3,6-11H2,1H3,(H-,23,26);4-5,13,17,28H,2-3,6-12H2,1H3,(H2-,23,26,27);6-7,14,17,27H,2-5,8-13H2,1H3,(H2-,23,25,26);4*1H/t18-,22-,23-,25?;16-,19+,21+,22-,24?;17-,21-,22-,24?;17-,21+,22-,24?;;;;/m1111..../s1. The van der Waals surface area contributed by atoms with E-state index in [1.54, 1.807) is 24.3 Å². The molecule has 4 aromatic rings. The van der Waals surface area contributed by atoms with Gasteiger partial charge in [0.05, 0.1) is 108 Å². The van der Waals surface area contributed by atoms with Crippen molar-refractivity contribution in [2.24, 2.45) is 46.6 Å². The Morgan fingerprint density at radius 1 is 0.417 bits per heavy atom. The number of rotatable bonds is 12. The van der Waals surface area contributed by atoms with Gasteiger partial charge in [0.15, 0.2) is 11.9 Å². The molecule has 12 aliphatic carbocycles. The number of likely N-dealkylation sites (N-methyl/N-ethyl adjacent to an activating group) is 4. The summed E-state index contributed by atoms with van der Waals surface area (Å²) in [6.07, 6.45) is 23.4. The summed E-state index contributed by atoms with van der Waals surface area (Å²) in [5.41, 5.74) is 25.0. The lowest BCUT2D eigenvalue weighted by Gasteiger charge is -2.65. The molecule has 0 aromatic heterocycles. The van der Waals surface area contributed by atoms with E-state index < -0.39 is 73.8 Å². The zero-order valence-corrected chi connectivity index (χ0v) is 70.1. The Bertz CT molecular complexity index is 4570. The van der Waals surface area contributed by atoms with Crippen LogP contribution in [0, 0.1) is 23.7 Å². The molecule has 115 heavy (non-hydrogen) atoms. The number of primary amides is 4. The average molecular weight is 1670 g/mol. The molecule has 0 radical (unpaired) electrons. The van der Waals surface area contributed by atoms with Crippen LogP contribution in [0.15, 0.2) is 60.7 Å². The largest absolute Gasteiger partial charge is 1.00 e. The van der Waals surface area contributed by atoms with Gasteiger partial charge in [0, 0.05) is 133 Å². The minimum atomic E-state index is -1.05. The second-order valence-corrected chi connectivity index (χ2v) is 39.8. The minimum Gasteiger partial charge on any atom is -1.00 e. The molecule has 17 aliphatic rings. The van der Waals surface area contributed by atoms with Crippen molar-refractivity contribution in [3.8, 4) is 23.0 Å².